The van der Waals surface area contributed by atoms with E-state index in [-0.39, 0.29) is 12.6 Å². The number of nitrogens with zero attached hydrogens (tertiary/aromatic N) is 3. The molecule has 1 aliphatic rings. The standard InChI is InChI=1S/C11H15N5O2S/c12-15-11-13-8-1-4-19-9(8)10(14-11)16-2-3-18-6-7(16)5-17/h1,4,7,17H,2-3,5-6,12H2,(H,13,14,15). The monoisotopic (exact) mass is 281 g/mol. The highest BCUT2D eigenvalue weighted by molar-refractivity contribution is 7.17. The van der Waals surface area contributed by atoms with E-state index in [9.17, 15) is 5.11 Å². The van der Waals surface area contributed by atoms with Crippen LogP contribution in [0.4, 0.5) is 11.8 Å². The van der Waals surface area contributed by atoms with E-state index in [1.807, 2.05) is 11.4 Å². The molecule has 0 saturated carbocycles. The van der Waals surface area contributed by atoms with E-state index in [0.29, 0.717) is 25.7 Å². The summed E-state index contributed by atoms with van der Waals surface area (Å²) in [6.07, 6.45) is 0. The molecule has 1 aliphatic heterocycles. The summed E-state index contributed by atoms with van der Waals surface area (Å²) < 4.78 is 6.39. The Hall–Kier alpha value is -1.48. The Balaban J connectivity index is 2.08. The second-order valence-corrected chi connectivity index (χ2v) is 5.17. The smallest absolute Gasteiger partial charge is 0.239 e. The Labute approximate surface area is 114 Å². The fourth-order valence-electron chi connectivity index (χ4n) is 2.19. The normalized spacial score (nSPS) is 19.9. The molecule has 0 radical (unpaired) electrons. The van der Waals surface area contributed by atoms with E-state index in [1.165, 1.54) is 0 Å². The number of ether oxygens (including phenoxy) is 1. The molecular weight excluding hydrogens is 266 g/mol. The minimum Gasteiger partial charge on any atom is -0.394 e. The summed E-state index contributed by atoms with van der Waals surface area (Å²) in [5, 5.41) is 11.4. The number of hydrazine groups is 1. The van der Waals surface area contributed by atoms with E-state index < -0.39 is 0 Å². The number of rotatable bonds is 3. The van der Waals surface area contributed by atoms with E-state index in [4.69, 9.17) is 10.6 Å². The number of hydrogen-bond acceptors (Lipinski definition) is 8. The van der Waals surface area contributed by atoms with Gasteiger partial charge in [0.05, 0.1) is 36.1 Å². The highest BCUT2D eigenvalue weighted by Crippen LogP contribution is 2.31. The minimum absolute atomic E-state index is 0.0300. The van der Waals surface area contributed by atoms with Crippen molar-refractivity contribution >= 4 is 33.3 Å². The molecule has 19 heavy (non-hydrogen) atoms. The zero-order chi connectivity index (χ0) is 13.2. The molecule has 2 aromatic heterocycles. The number of nitrogen functional groups attached to an aromatic ring is 1. The molecule has 8 heteroatoms. The van der Waals surface area contributed by atoms with Gasteiger partial charge in [-0.15, -0.1) is 11.3 Å². The highest BCUT2D eigenvalue weighted by atomic mass is 32.1. The highest BCUT2D eigenvalue weighted by Gasteiger charge is 2.26. The molecule has 1 atom stereocenters. The van der Waals surface area contributed by atoms with Crippen LogP contribution in [0.3, 0.4) is 0 Å². The van der Waals surface area contributed by atoms with Gasteiger partial charge in [0.2, 0.25) is 5.95 Å². The summed E-state index contributed by atoms with van der Waals surface area (Å²) in [4.78, 5) is 10.8. The molecule has 3 heterocycles. The van der Waals surface area contributed by atoms with Gasteiger partial charge >= 0.3 is 0 Å². The Bertz CT molecular complexity index is 575. The average molecular weight is 281 g/mol. The van der Waals surface area contributed by atoms with Crippen LogP contribution in [0.15, 0.2) is 11.4 Å². The molecule has 7 nitrogen and oxygen atoms in total. The fourth-order valence-corrected chi connectivity index (χ4v) is 3.03. The molecule has 2 aromatic rings. The van der Waals surface area contributed by atoms with Crippen LogP contribution in [-0.2, 0) is 4.74 Å². The molecule has 0 spiro atoms. The number of nitrogens with one attached hydrogen (secondary N) is 1. The first-order valence-corrected chi connectivity index (χ1v) is 6.88. The van der Waals surface area contributed by atoms with Gasteiger partial charge in [-0.2, -0.15) is 4.98 Å². The Morgan fingerprint density at radius 1 is 1.58 bits per heavy atom. The van der Waals surface area contributed by atoms with Crippen LogP contribution in [0.2, 0.25) is 0 Å². The molecule has 1 unspecified atom stereocenters. The first-order valence-electron chi connectivity index (χ1n) is 6.00. The Morgan fingerprint density at radius 3 is 3.26 bits per heavy atom. The maximum Gasteiger partial charge on any atom is 0.239 e. The van der Waals surface area contributed by atoms with Crippen molar-refractivity contribution in [1.82, 2.24) is 9.97 Å². The van der Waals surface area contributed by atoms with Gasteiger partial charge < -0.3 is 14.7 Å². The van der Waals surface area contributed by atoms with Crippen LogP contribution in [0.5, 0.6) is 0 Å². The number of hydrogen-bond donors (Lipinski definition) is 3. The zero-order valence-electron chi connectivity index (χ0n) is 10.2. The van der Waals surface area contributed by atoms with Crippen molar-refractivity contribution in [1.29, 1.82) is 0 Å². The third kappa shape index (κ3) is 2.23. The van der Waals surface area contributed by atoms with Gasteiger partial charge in [0.25, 0.3) is 0 Å². The number of thiophene rings is 1. The molecule has 1 saturated heterocycles. The number of fused-ring (bicyclic) bond motifs is 1. The maximum atomic E-state index is 9.47. The van der Waals surface area contributed by atoms with Crippen molar-refractivity contribution in [2.24, 2.45) is 5.84 Å². The van der Waals surface area contributed by atoms with Crippen molar-refractivity contribution < 1.29 is 9.84 Å². The number of morpholine rings is 1. The van der Waals surface area contributed by atoms with E-state index in [2.05, 4.69) is 20.3 Å². The molecular formula is C11H15N5O2S. The van der Waals surface area contributed by atoms with Crippen LogP contribution in [0, 0.1) is 0 Å². The summed E-state index contributed by atoms with van der Waals surface area (Å²) in [5.41, 5.74) is 3.34. The van der Waals surface area contributed by atoms with Crippen molar-refractivity contribution in [3.63, 3.8) is 0 Å². The van der Waals surface area contributed by atoms with Crippen LogP contribution < -0.4 is 16.2 Å². The van der Waals surface area contributed by atoms with E-state index in [1.54, 1.807) is 11.3 Å². The SMILES string of the molecule is NNc1nc(N2CCOCC2CO)c2sccc2n1. The Kier molecular flexibility index (Phi) is 3.47. The van der Waals surface area contributed by atoms with Gasteiger partial charge in [-0.1, -0.05) is 0 Å². The van der Waals surface area contributed by atoms with Crippen LogP contribution >= 0.6 is 11.3 Å². The van der Waals surface area contributed by atoms with Crippen molar-refractivity contribution in [3.05, 3.63) is 11.4 Å². The first-order chi connectivity index (χ1) is 9.33. The summed E-state index contributed by atoms with van der Waals surface area (Å²) in [6.45, 7) is 1.85. The van der Waals surface area contributed by atoms with Gasteiger partial charge in [-0.05, 0) is 11.4 Å². The lowest BCUT2D eigenvalue weighted by Crippen LogP contribution is -2.48. The number of aliphatic hydroxyl groups excluding tert-OH is 1. The molecule has 0 bridgehead atoms. The third-order valence-electron chi connectivity index (χ3n) is 3.13. The molecule has 102 valence electrons. The van der Waals surface area contributed by atoms with Crippen LogP contribution in [0.1, 0.15) is 0 Å². The summed E-state index contributed by atoms with van der Waals surface area (Å²) in [7, 11) is 0. The lowest BCUT2D eigenvalue weighted by molar-refractivity contribution is 0.0724. The second-order valence-electron chi connectivity index (χ2n) is 4.25. The molecule has 4 N–H and O–H groups in total. The van der Waals surface area contributed by atoms with Crippen molar-refractivity contribution in [2.45, 2.75) is 6.04 Å². The number of aromatic nitrogens is 2. The van der Waals surface area contributed by atoms with Gasteiger partial charge in [-0.3, -0.25) is 5.43 Å². The fraction of sp³-hybridized carbons (Fsp3) is 0.455. The van der Waals surface area contributed by atoms with Gasteiger partial charge in [0, 0.05) is 6.54 Å². The van der Waals surface area contributed by atoms with Crippen molar-refractivity contribution in [2.75, 3.05) is 36.7 Å². The quantitative estimate of drug-likeness (QED) is 0.545. The van der Waals surface area contributed by atoms with E-state index >= 15 is 0 Å². The Morgan fingerprint density at radius 2 is 2.47 bits per heavy atom. The maximum absolute atomic E-state index is 9.47. The van der Waals surface area contributed by atoms with Crippen molar-refractivity contribution in [3.8, 4) is 0 Å². The zero-order valence-corrected chi connectivity index (χ0v) is 11.1. The molecule has 0 aromatic carbocycles. The molecule has 0 amide bonds. The van der Waals surface area contributed by atoms with Gasteiger partial charge in [0.1, 0.15) is 0 Å². The lowest BCUT2D eigenvalue weighted by Gasteiger charge is -2.35. The summed E-state index contributed by atoms with van der Waals surface area (Å²) in [5.74, 6) is 6.59. The largest absolute Gasteiger partial charge is 0.394 e. The van der Waals surface area contributed by atoms with E-state index in [0.717, 1.165) is 16.0 Å². The second kappa shape index (κ2) is 5.25. The molecule has 3 rings (SSSR count). The predicted molar refractivity (Wildman–Crippen MR) is 74.3 cm³/mol. The minimum atomic E-state index is -0.0837. The average Bonchev–Trinajstić information content (AvgIpc) is 2.94. The van der Waals surface area contributed by atoms with Crippen LogP contribution in [-0.4, -0.2) is 47.5 Å². The lowest BCUT2D eigenvalue weighted by atomic mass is 10.2. The molecule has 0 aliphatic carbocycles. The first kappa shape index (κ1) is 12.5. The van der Waals surface area contributed by atoms with Gasteiger partial charge in [-0.25, -0.2) is 10.8 Å². The summed E-state index contributed by atoms with van der Waals surface area (Å²) >= 11 is 1.58. The summed E-state index contributed by atoms with van der Waals surface area (Å²) in [6, 6.07) is 1.85. The number of nitrogens with two attached hydrogens (primary N) is 1. The number of anilines is 2. The third-order valence-corrected chi connectivity index (χ3v) is 4.02. The van der Waals surface area contributed by atoms with Crippen LogP contribution in [0.25, 0.3) is 10.2 Å². The predicted octanol–water partition coefficient (Wildman–Crippen LogP) is 0.174. The van der Waals surface area contributed by atoms with Gasteiger partial charge in [0.15, 0.2) is 5.82 Å². The topological polar surface area (TPSA) is 96.5 Å². The number of aliphatic hydroxyl groups is 1. The molecule has 1 fully saturated rings.